The van der Waals surface area contributed by atoms with Crippen LogP contribution in [-0.2, 0) is 35.2 Å². The maximum absolute atomic E-state index is 14.0. The van der Waals surface area contributed by atoms with Crippen LogP contribution in [0, 0.1) is 17.8 Å². The zero-order chi connectivity index (χ0) is 44.3. The molecule has 2 rings (SSSR count). The molecule has 5 amide bonds. The van der Waals surface area contributed by atoms with Crippen LogP contribution in [0.2, 0.25) is 0 Å². The molecule has 330 valence electrons. The molecule has 0 bridgehead atoms. The molecule has 0 aromatic heterocycles. The summed E-state index contributed by atoms with van der Waals surface area (Å²) in [5.74, 6) is -1.77. The highest BCUT2D eigenvalue weighted by Crippen LogP contribution is 2.22. The molecule has 0 aliphatic carbocycles. The van der Waals surface area contributed by atoms with Gasteiger partial charge in [-0.3, -0.25) is 19.2 Å². The van der Waals surface area contributed by atoms with E-state index >= 15 is 0 Å². The molecule has 14 heteroatoms. The average molecular weight is 826 g/mol. The SMILES string of the molecule is CC(C)CC(COC(C(=O)NC(CC(C)C)C(O)CC(=O)NC(C)C(=O)NC(CC(C)C)C(O)CC(=O)NCc1ccccc1)c1ccccc1)NC(=O)OC(C)(C)C. The Kier molecular flexibility index (Phi) is 21.6. The number of hydrogen-bond donors (Lipinski definition) is 7. The molecule has 0 saturated carbocycles. The molecule has 0 fully saturated rings. The molecule has 2 aromatic carbocycles. The van der Waals surface area contributed by atoms with Crippen LogP contribution in [0.15, 0.2) is 60.7 Å². The van der Waals surface area contributed by atoms with Gasteiger partial charge in [-0.05, 0) is 75.8 Å². The number of rotatable bonds is 24. The van der Waals surface area contributed by atoms with E-state index in [4.69, 9.17) is 9.47 Å². The van der Waals surface area contributed by atoms with Crippen molar-refractivity contribution in [3.05, 3.63) is 71.8 Å². The van der Waals surface area contributed by atoms with Crippen LogP contribution in [0.1, 0.15) is 119 Å². The molecule has 0 spiro atoms. The molecule has 2 aromatic rings. The smallest absolute Gasteiger partial charge is 0.407 e. The number of carbonyl (C=O) groups is 5. The Morgan fingerprint density at radius 1 is 0.627 bits per heavy atom. The standard InChI is InChI=1S/C45H71N5O9/c1-28(2)21-34(48-44(57)59-45(8,9)10)27-58-41(33-19-15-12-16-20-33)43(56)50-36(23-30(5)6)38(52)25-40(54)47-31(7)42(55)49-35(22-29(3)4)37(51)24-39(53)46-26-32-17-13-11-14-18-32/h11-20,28-31,34-38,41,51-52H,21-27H2,1-10H3,(H,46,53)(H,47,54)(H,48,57)(H,49,55)(H,50,56). The molecule has 7 unspecified atom stereocenters. The van der Waals surface area contributed by atoms with Crippen LogP contribution in [0.5, 0.6) is 0 Å². The molecule has 0 radical (unpaired) electrons. The Balaban J connectivity index is 2.10. The lowest BCUT2D eigenvalue weighted by Gasteiger charge is -2.29. The van der Waals surface area contributed by atoms with Gasteiger partial charge >= 0.3 is 6.09 Å². The van der Waals surface area contributed by atoms with Gasteiger partial charge in [-0.25, -0.2) is 4.79 Å². The first-order valence-electron chi connectivity index (χ1n) is 20.9. The van der Waals surface area contributed by atoms with Gasteiger partial charge in [0.25, 0.3) is 5.91 Å². The molecule has 59 heavy (non-hydrogen) atoms. The predicted molar refractivity (Wildman–Crippen MR) is 228 cm³/mol. The van der Waals surface area contributed by atoms with Gasteiger partial charge in [-0.2, -0.15) is 0 Å². The van der Waals surface area contributed by atoms with Crippen molar-refractivity contribution in [1.82, 2.24) is 26.6 Å². The zero-order valence-electron chi connectivity index (χ0n) is 36.7. The second kappa shape index (κ2) is 25.2. The van der Waals surface area contributed by atoms with E-state index in [1.54, 1.807) is 45.0 Å². The predicted octanol–water partition coefficient (Wildman–Crippen LogP) is 5.07. The fourth-order valence-corrected chi connectivity index (χ4v) is 6.48. The van der Waals surface area contributed by atoms with Crippen LogP contribution in [0.25, 0.3) is 0 Å². The third-order valence-electron chi connectivity index (χ3n) is 9.21. The van der Waals surface area contributed by atoms with Crippen molar-refractivity contribution in [3.63, 3.8) is 0 Å². The largest absolute Gasteiger partial charge is 0.444 e. The van der Waals surface area contributed by atoms with E-state index in [9.17, 15) is 34.2 Å². The Labute approximate surface area is 351 Å². The van der Waals surface area contributed by atoms with E-state index in [-0.39, 0.29) is 36.7 Å². The molecule has 0 aliphatic rings. The van der Waals surface area contributed by atoms with Crippen LogP contribution < -0.4 is 26.6 Å². The summed E-state index contributed by atoms with van der Waals surface area (Å²) in [5, 5.41) is 36.3. The van der Waals surface area contributed by atoms with E-state index in [1.165, 1.54) is 6.92 Å². The van der Waals surface area contributed by atoms with Crippen molar-refractivity contribution in [1.29, 1.82) is 0 Å². The summed E-state index contributed by atoms with van der Waals surface area (Å²) in [7, 11) is 0. The van der Waals surface area contributed by atoms with Crippen LogP contribution in [0.4, 0.5) is 4.79 Å². The normalized spacial score (nSPS) is 15.3. The number of alkyl carbamates (subject to hydrolysis) is 1. The summed E-state index contributed by atoms with van der Waals surface area (Å²) in [6, 6.07) is 15.1. The van der Waals surface area contributed by atoms with Crippen LogP contribution in [-0.4, -0.2) is 88.5 Å². The number of ether oxygens (including phenoxy) is 2. The number of carbonyl (C=O) groups excluding carboxylic acids is 5. The van der Waals surface area contributed by atoms with Gasteiger partial charge in [-0.1, -0.05) is 102 Å². The van der Waals surface area contributed by atoms with Gasteiger partial charge in [0.15, 0.2) is 6.10 Å². The summed E-state index contributed by atoms with van der Waals surface area (Å²) in [4.78, 5) is 65.8. The number of nitrogens with one attached hydrogen (secondary N) is 5. The monoisotopic (exact) mass is 826 g/mol. The minimum atomic E-state index is -1.32. The zero-order valence-corrected chi connectivity index (χ0v) is 36.7. The van der Waals surface area contributed by atoms with E-state index < -0.39 is 78.3 Å². The Morgan fingerprint density at radius 3 is 1.63 bits per heavy atom. The first kappa shape index (κ1) is 50.6. The average Bonchev–Trinajstić information content (AvgIpc) is 3.12. The van der Waals surface area contributed by atoms with E-state index in [0.29, 0.717) is 31.4 Å². The van der Waals surface area contributed by atoms with E-state index in [2.05, 4.69) is 26.6 Å². The molecule has 0 saturated heterocycles. The lowest BCUT2D eigenvalue weighted by Crippen LogP contribution is -2.53. The quantitative estimate of drug-likeness (QED) is 0.0754. The molecule has 0 heterocycles. The van der Waals surface area contributed by atoms with Gasteiger partial charge in [0, 0.05) is 6.54 Å². The van der Waals surface area contributed by atoms with E-state index in [0.717, 1.165) is 5.56 Å². The van der Waals surface area contributed by atoms with Gasteiger partial charge in [0.1, 0.15) is 11.6 Å². The number of aliphatic hydroxyl groups excluding tert-OH is 2. The number of hydrogen-bond acceptors (Lipinski definition) is 9. The van der Waals surface area contributed by atoms with Crippen molar-refractivity contribution in [2.24, 2.45) is 17.8 Å². The molecular weight excluding hydrogens is 755 g/mol. The highest BCUT2D eigenvalue weighted by Gasteiger charge is 2.32. The van der Waals surface area contributed by atoms with Crippen molar-refractivity contribution in [3.8, 4) is 0 Å². The Hall–Kier alpha value is -4.53. The Morgan fingerprint density at radius 2 is 1.12 bits per heavy atom. The van der Waals surface area contributed by atoms with Crippen molar-refractivity contribution < 1.29 is 43.7 Å². The van der Waals surface area contributed by atoms with Crippen LogP contribution >= 0.6 is 0 Å². The molecule has 7 atom stereocenters. The second-order valence-corrected chi connectivity index (χ2v) is 17.7. The fourth-order valence-electron chi connectivity index (χ4n) is 6.48. The molecule has 14 nitrogen and oxygen atoms in total. The minimum Gasteiger partial charge on any atom is -0.444 e. The second-order valence-electron chi connectivity index (χ2n) is 17.7. The van der Waals surface area contributed by atoms with E-state index in [1.807, 2.05) is 77.9 Å². The lowest BCUT2D eigenvalue weighted by molar-refractivity contribution is -0.136. The van der Waals surface area contributed by atoms with Gasteiger partial charge in [0.2, 0.25) is 17.7 Å². The fraction of sp³-hybridized carbons (Fsp3) is 0.622. The molecule has 0 aliphatic heterocycles. The summed E-state index contributed by atoms with van der Waals surface area (Å²) in [6.45, 7) is 18.9. The topological polar surface area (TPSA) is 204 Å². The number of amides is 5. The summed E-state index contributed by atoms with van der Waals surface area (Å²) >= 11 is 0. The number of benzene rings is 2. The summed E-state index contributed by atoms with van der Waals surface area (Å²) in [6.07, 6.45) is -3.54. The summed E-state index contributed by atoms with van der Waals surface area (Å²) < 4.78 is 11.7. The minimum absolute atomic E-state index is 0.000667. The van der Waals surface area contributed by atoms with Crippen molar-refractivity contribution in [2.75, 3.05) is 6.61 Å². The Bertz CT molecular complexity index is 1580. The molecule has 7 N–H and O–H groups in total. The van der Waals surface area contributed by atoms with Crippen LogP contribution in [0.3, 0.4) is 0 Å². The summed E-state index contributed by atoms with van der Waals surface area (Å²) in [5.41, 5.74) is 0.781. The van der Waals surface area contributed by atoms with Gasteiger partial charge < -0.3 is 46.3 Å². The third kappa shape index (κ3) is 20.8. The number of aliphatic hydroxyl groups is 2. The van der Waals surface area contributed by atoms with Crippen molar-refractivity contribution in [2.45, 2.75) is 156 Å². The lowest BCUT2D eigenvalue weighted by atomic mass is 9.96. The molecular formula is C45H71N5O9. The maximum atomic E-state index is 14.0. The third-order valence-corrected chi connectivity index (χ3v) is 9.21. The highest BCUT2D eigenvalue weighted by molar-refractivity contribution is 5.88. The van der Waals surface area contributed by atoms with Crippen molar-refractivity contribution >= 4 is 29.7 Å². The van der Waals surface area contributed by atoms with Gasteiger partial charge in [-0.15, -0.1) is 0 Å². The first-order chi connectivity index (χ1) is 27.6. The highest BCUT2D eigenvalue weighted by atomic mass is 16.6. The maximum Gasteiger partial charge on any atom is 0.407 e. The first-order valence-corrected chi connectivity index (χ1v) is 20.9. The van der Waals surface area contributed by atoms with Gasteiger partial charge in [0.05, 0.1) is 49.8 Å².